The van der Waals surface area contributed by atoms with Gasteiger partial charge in [0.25, 0.3) is 0 Å². The number of ketones is 1. The van der Waals surface area contributed by atoms with Crippen LogP contribution in [0.5, 0.6) is 11.5 Å². The van der Waals surface area contributed by atoms with Crippen LogP contribution in [0.25, 0.3) is 6.08 Å². The summed E-state index contributed by atoms with van der Waals surface area (Å²) in [5.74, 6) is 1.88. The van der Waals surface area contributed by atoms with Gasteiger partial charge in [-0.1, -0.05) is 36.8 Å². The Morgan fingerprint density at radius 2 is 2.05 bits per heavy atom. The van der Waals surface area contributed by atoms with E-state index in [2.05, 4.69) is 25.2 Å². The molecule has 0 radical (unpaired) electrons. The summed E-state index contributed by atoms with van der Waals surface area (Å²) in [6.07, 6.45) is 9.87. The topological polar surface area (TPSA) is 35.5 Å². The molecule has 0 fully saturated rings. The Kier molecular flexibility index (Phi) is 5.61. The highest BCUT2D eigenvalue weighted by molar-refractivity contribution is 5.75. The predicted octanol–water partition coefficient (Wildman–Crippen LogP) is 4.52. The molecule has 1 aromatic rings. The summed E-state index contributed by atoms with van der Waals surface area (Å²) in [5, 5.41) is 0. The second-order valence-electron chi connectivity index (χ2n) is 5.21. The number of allylic oxidation sites excluding steroid dienone is 3. The Hall–Kier alpha value is -2.03. The van der Waals surface area contributed by atoms with Crippen LogP contribution in [0.15, 0.2) is 35.9 Å². The van der Waals surface area contributed by atoms with Gasteiger partial charge in [0.15, 0.2) is 11.5 Å². The van der Waals surface area contributed by atoms with Crippen molar-refractivity contribution in [1.29, 1.82) is 0 Å². The molecule has 0 aliphatic carbocycles. The van der Waals surface area contributed by atoms with Crippen molar-refractivity contribution in [2.45, 2.75) is 39.5 Å². The summed E-state index contributed by atoms with van der Waals surface area (Å²) in [5.41, 5.74) is 2.46. The van der Waals surface area contributed by atoms with Crippen LogP contribution in [0.1, 0.15) is 45.1 Å². The van der Waals surface area contributed by atoms with Crippen molar-refractivity contribution in [3.8, 4) is 11.5 Å². The maximum Gasteiger partial charge on any atom is 0.231 e. The van der Waals surface area contributed by atoms with Gasteiger partial charge in [0.1, 0.15) is 5.78 Å². The van der Waals surface area contributed by atoms with Crippen molar-refractivity contribution in [3.63, 3.8) is 0 Å². The Bertz CT molecular complexity index is 556. The number of Topliss-reactive ketones (excluding diaryl/α,β-unsaturated/α-hetero) is 1. The van der Waals surface area contributed by atoms with E-state index < -0.39 is 0 Å². The number of fused-ring (bicyclic) bond motifs is 1. The SMILES string of the molecule is CC/C(=C\C=C\c1ccc2c(c1)OCO2)CCCC(C)=O. The van der Waals surface area contributed by atoms with Gasteiger partial charge in [0.2, 0.25) is 6.79 Å². The summed E-state index contributed by atoms with van der Waals surface area (Å²) < 4.78 is 10.7. The van der Waals surface area contributed by atoms with Crippen LogP contribution < -0.4 is 9.47 Å². The van der Waals surface area contributed by atoms with Gasteiger partial charge in [-0.2, -0.15) is 0 Å². The zero-order valence-corrected chi connectivity index (χ0v) is 12.7. The second-order valence-corrected chi connectivity index (χ2v) is 5.21. The van der Waals surface area contributed by atoms with Gasteiger partial charge < -0.3 is 14.3 Å². The highest BCUT2D eigenvalue weighted by Crippen LogP contribution is 2.32. The molecule has 0 aromatic heterocycles. The Balaban J connectivity index is 1.92. The Morgan fingerprint density at radius 1 is 1.24 bits per heavy atom. The molecule has 21 heavy (non-hydrogen) atoms. The van der Waals surface area contributed by atoms with Gasteiger partial charge in [-0.3, -0.25) is 0 Å². The number of carbonyl (C=O) groups excluding carboxylic acids is 1. The first-order chi connectivity index (χ1) is 10.2. The van der Waals surface area contributed by atoms with Crippen molar-refractivity contribution in [3.05, 3.63) is 41.5 Å². The lowest BCUT2D eigenvalue weighted by Crippen LogP contribution is -1.92. The molecular formula is C18H22O3. The smallest absolute Gasteiger partial charge is 0.231 e. The molecule has 2 rings (SSSR count). The summed E-state index contributed by atoms with van der Waals surface area (Å²) in [4.78, 5) is 11.0. The zero-order valence-electron chi connectivity index (χ0n) is 12.7. The molecule has 3 heteroatoms. The Labute approximate surface area is 126 Å². The minimum absolute atomic E-state index is 0.265. The third kappa shape index (κ3) is 4.78. The molecule has 0 bridgehead atoms. The van der Waals surface area contributed by atoms with Crippen molar-refractivity contribution in [1.82, 2.24) is 0 Å². The van der Waals surface area contributed by atoms with Gasteiger partial charge in [-0.15, -0.1) is 0 Å². The number of ether oxygens (including phenoxy) is 2. The van der Waals surface area contributed by atoms with Crippen molar-refractivity contribution in [2.75, 3.05) is 6.79 Å². The normalized spacial score (nSPS) is 13.9. The highest BCUT2D eigenvalue weighted by atomic mass is 16.7. The Morgan fingerprint density at radius 3 is 2.81 bits per heavy atom. The van der Waals surface area contributed by atoms with Crippen molar-refractivity contribution >= 4 is 11.9 Å². The summed E-state index contributed by atoms with van der Waals surface area (Å²) >= 11 is 0. The van der Waals surface area contributed by atoms with Crippen LogP contribution in [-0.4, -0.2) is 12.6 Å². The molecule has 0 spiro atoms. The monoisotopic (exact) mass is 286 g/mol. The lowest BCUT2D eigenvalue weighted by molar-refractivity contribution is -0.117. The van der Waals surface area contributed by atoms with E-state index in [-0.39, 0.29) is 5.78 Å². The molecule has 0 unspecified atom stereocenters. The first kappa shape index (κ1) is 15.4. The van der Waals surface area contributed by atoms with Crippen LogP contribution >= 0.6 is 0 Å². The van der Waals surface area contributed by atoms with Crippen LogP contribution in [0.2, 0.25) is 0 Å². The number of hydrogen-bond acceptors (Lipinski definition) is 3. The molecule has 1 aliphatic rings. The molecule has 3 nitrogen and oxygen atoms in total. The summed E-state index contributed by atoms with van der Waals surface area (Å²) in [6.45, 7) is 4.10. The van der Waals surface area contributed by atoms with E-state index in [9.17, 15) is 4.79 Å². The molecule has 0 atom stereocenters. The average Bonchev–Trinajstić information content (AvgIpc) is 2.92. The largest absolute Gasteiger partial charge is 0.454 e. The van der Waals surface area contributed by atoms with Crippen molar-refractivity contribution < 1.29 is 14.3 Å². The highest BCUT2D eigenvalue weighted by Gasteiger charge is 2.11. The minimum Gasteiger partial charge on any atom is -0.454 e. The van der Waals surface area contributed by atoms with Crippen LogP contribution in [0.4, 0.5) is 0 Å². The van der Waals surface area contributed by atoms with E-state index in [1.54, 1.807) is 6.92 Å². The third-order valence-corrected chi connectivity index (χ3v) is 3.50. The number of carbonyl (C=O) groups is 1. The maximum absolute atomic E-state index is 11.0. The fraction of sp³-hybridized carbons (Fsp3) is 0.389. The van der Waals surface area contributed by atoms with Crippen LogP contribution in [0.3, 0.4) is 0 Å². The molecule has 1 aliphatic heterocycles. The van der Waals surface area contributed by atoms with E-state index in [1.807, 2.05) is 18.2 Å². The second kappa shape index (κ2) is 7.67. The lowest BCUT2D eigenvalue weighted by Gasteiger charge is -2.02. The van der Waals surface area contributed by atoms with Crippen LogP contribution in [-0.2, 0) is 4.79 Å². The summed E-state index contributed by atoms with van der Waals surface area (Å²) in [6, 6.07) is 5.92. The van der Waals surface area contributed by atoms with Crippen LogP contribution in [0, 0.1) is 0 Å². The number of hydrogen-bond donors (Lipinski definition) is 0. The van der Waals surface area contributed by atoms with Gasteiger partial charge >= 0.3 is 0 Å². The standard InChI is InChI=1S/C18H22O3/c1-3-15(7-4-6-14(2)19)8-5-9-16-10-11-17-18(12-16)21-13-20-17/h5,8-12H,3-4,6-7,13H2,1-2H3/b9-5+,15-8+. The van der Waals surface area contributed by atoms with E-state index in [4.69, 9.17) is 9.47 Å². The van der Waals surface area contributed by atoms with E-state index in [1.165, 1.54) is 5.57 Å². The molecule has 1 aromatic carbocycles. The van der Waals surface area contributed by atoms with E-state index >= 15 is 0 Å². The first-order valence-corrected chi connectivity index (χ1v) is 7.44. The molecule has 0 saturated carbocycles. The molecule has 0 N–H and O–H groups in total. The molecule has 1 heterocycles. The molecular weight excluding hydrogens is 264 g/mol. The quantitative estimate of drug-likeness (QED) is 0.691. The third-order valence-electron chi connectivity index (χ3n) is 3.50. The zero-order chi connectivity index (χ0) is 15.1. The fourth-order valence-electron chi connectivity index (χ4n) is 2.25. The van der Waals surface area contributed by atoms with Crippen molar-refractivity contribution in [2.24, 2.45) is 0 Å². The molecule has 0 saturated heterocycles. The summed E-state index contributed by atoms with van der Waals surface area (Å²) in [7, 11) is 0. The average molecular weight is 286 g/mol. The fourth-order valence-corrected chi connectivity index (χ4v) is 2.25. The minimum atomic E-state index is 0.265. The van der Waals surface area contributed by atoms with Gasteiger partial charge in [-0.05, 0) is 43.9 Å². The maximum atomic E-state index is 11.0. The van der Waals surface area contributed by atoms with Gasteiger partial charge in [0, 0.05) is 6.42 Å². The lowest BCUT2D eigenvalue weighted by atomic mass is 10.0. The van der Waals surface area contributed by atoms with Gasteiger partial charge in [-0.25, -0.2) is 0 Å². The predicted molar refractivity (Wildman–Crippen MR) is 84.5 cm³/mol. The number of benzene rings is 1. The van der Waals surface area contributed by atoms with Gasteiger partial charge in [0.05, 0.1) is 0 Å². The first-order valence-electron chi connectivity index (χ1n) is 7.44. The molecule has 0 amide bonds. The van der Waals surface area contributed by atoms with E-state index in [0.29, 0.717) is 13.2 Å². The van der Waals surface area contributed by atoms with E-state index in [0.717, 1.165) is 36.3 Å². The number of rotatable bonds is 7. The molecule has 112 valence electrons.